The van der Waals surface area contributed by atoms with Crippen LogP contribution >= 0.6 is 11.6 Å². The third-order valence-electron chi connectivity index (χ3n) is 3.12. The predicted molar refractivity (Wildman–Crippen MR) is 79.8 cm³/mol. The second-order valence-corrected chi connectivity index (χ2v) is 5.04. The zero-order chi connectivity index (χ0) is 13.7. The molecule has 0 aliphatic carbocycles. The number of hydrogen-bond donors (Lipinski definition) is 0. The Morgan fingerprint density at radius 1 is 1.32 bits per heavy atom. The van der Waals surface area contributed by atoms with Crippen molar-refractivity contribution in [1.29, 1.82) is 0 Å². The van der Waals surface area contributed by atoms with Gasteiger partial charge in [-0.2, -0.15) is 0 Å². The number of halogens is 1. The summed E-state index contributed by atoms with van der Waals surface area (Å²) >= 11 is 5.99. The molecule has 0 unspecified atom stereocenters. The molecule has 1 heterocycles. The van der Waals surface area contributed by atoms with E-state index in [1.54, 1.807) is 0 Å². The van der Waals surface area contributed by atoms with E-state index in [0.29, 0.717) is 5.88 Å². The van der Waals surface area contributed by atoms with Gasteiger partial charge in [-0.3, -0.25) is 0 Å². The normalized spacial score (nSPS) is 11.3. The summed E-state index contributed by atoms with van der Waals surface area (Å²) in [6, 6.07) is 6.32. The Kier molecular flexibility index (Phi) is 5.23. The maximum atomic E-state index is 5.99. The van der Waals surface area contributed by atoms with E-state index < -0.39 is 0 Å². The van der Waals surface area contributed by atoms with Gasteiger partial charge >= 0.3 is 0 Å². The van der Waals surface area contributed by atoms with E-state index in [9.17, 15) is 0 Å². The topological polar surface area (TPSA) is 27.1 Å². The lowest BCUT2D eigenvalue weighted by atomic mass is 10.2. The number of benzene rings is 1. The summed E-state index contributed by atoms with van der Waals surface area (Å²) in [5.41, 5.74) is 3.44. The van der Waals surface area contributed by atoms with E-state index in [-0.39, 0.29) is 0 Å². The Morgan fingerprint density at radius 3 is 2.89 bits per heavy atom. The molecule has 1 aromatic heterocycles. The van der Waals surface area contributed by atoms with Crippen LogP contribution in [0.4, 0.5) is 0 Å². The van der Waals surface area contributed by atoms with Crippen molar-refractivity contribution in [3.05, 3.63) is 29.6 Å². The summed E-state index contributed by atoms with van der Waals surface area (Å²) in [5.74, 6) is 1.39. The van der Waals surface area contributed by atoms with Gasteiger partial charge in [0.1, 0.15) is 5.82 Å². The molecule has 0 fully saturated rings. The molecule has 0 aliphatic rings. The third-order valence-corrected chi connectivity index (χ3v) is 3.36. The standard InChI is InChI=1S/C15H21ClN2O/c1-3-8-19-9-4-7-18-14-10-12(2)5-6-13(14)17-15(18)11-16/h5-6,10H,3-4,7-9,11H2,1-2H3. The van der Waals surface area contributed by atoms with Crippen LogP contribution in [0.1, 0.15) is 31.2 Å². The highest BCUT2D eigenvalue weighted by Crippen LogP contribution is 2.19. The minimum Gasteiger partial charge on any atom is -0.381 e. The second-order valence-electron chi connectivity index (χ2n) is 4.77. The average Bonchev–Trinajstić information content (AvgIpc) is 2.76. The number of fused-ring (bicyclic) bond motifs is 1. The van der Waals surface area contributed by atoms with Gasteiger partial charge in [0.2, 0.25) is 0 Å². The lowest BCUT2D eigenvalue weighted by molar-refractivity contribution is 0.129. The van der Waals surface area contributed by atoms with Crippen LogP contribution in [0.2, 0.25) is 0 Å². The van der Waals surface area contributed by atoms with Crippen LogP contribution in [0.5, 0.6) is 0 Å². The van der Waals surface area contributed by atoms with Gasteiger partial charge < -0.3 is 9.30 Å². The monoisotopic (exact) mass is 280 g/mol. The van der Waals surface area contributed by atoms with Gasteiger partial charge in [-0.1, -0.05) is 13.0 Å². The van der Waals surface area contributed by atoms with Gasteiger partial charge in [-0.15, -0.1) is 11.6 Å². The van der Waals surface area contributed by atoms with Crippen LogP contribution in [0.25, 0.3) is 11.0 Å². The average molecular weight is 281 g/mol. The van der Waals surface area contributed by atoms with E-state index >= 15 is 0 Å². The zero-order valence-electron chi connectivity index (χ0n) is 11.7. The highest BCUT2D eigenvalue weighted by Gasteiger charge is 2.09. The van der Waals surface area contributed by atoms with Gasteiger partial charge in [0.25, 0.3) is 0 Å². The Labute approximate surface area is 119 Å². The molecule has 0 radical (unpaired) electrons. The molecule has 4 heteroatoms. The molecule has 0 saturated carbocycles. The molecule has 19 heavy (non-hydrogen) atoms. The quantitative estimate of drug-likeness (QED) is 0.568. The molecule has 104 valence electrons. The van der Waals surface area contributed by atoms with Gasteiger partial charge in [-0.05, 0) is 37.5 Å². The number of hydrogen-bond acceptors (Lipinski definition) is 2. The molecule has 2 rings (SSSR count). The minimum atomic E-state index is 0.448. The number of aromatic nitrogens is 2. The van der Waals surface area contributed by atoms with Crippen molar-refractivity contribution in [3.8, 4) is 0 Å². The van der Waals surface area contributed by atoms with Gasteiger partial charge in [0.05, 0.1) is 16.9 Å². The molecular weight excluding hydrogens is 260 g/mol. The smallest absolute Gasteiger partial charge is 0.124 e. The van der Waals surface area contributed by atoms with Crippen LogP contribution in [0.15, 0.2) is 18.2 Å². The molecule has 0 amide bonds. The highest BCUT2D eigenvalue weighted by atomic mass is 35.5. The van der Waals surface area contributed by atoms with Gasteiger partial charge in [0, 0.05) is 19.8 Å². The fourth-order valence-electron chi connectivity index (χ4n) is 2.21. The Balaban J connectivity index is 2.13. The molecule has 0 atom stereocenters. The molecule has 0 bridgehead atoms. The molecule has 1 aromatic carbocycles. The maximum Gasteiger partial charge on any atom is 0.124 e. The van der Waals surface area contributed by atoms with E-state index in [1.165, 1.54) is 11.1 Å². The Morgan fingerprint density at radius 2 is 2.16 bits per heavy atom. The number of nitrogens with zero attached hydrogens (tertiary/aromatic N) is 2. The lowest BCUT2D eigenvalue weighted by Gasteiger charge is -2.08. The van der Waals surface area contributed by atoms with E-state index in [0.717, 1.165) is 43.9 Å². The first kappa shape index (κ1) is 14.4. The predicted octanol–water partition coefficient (Wildman–Crippen LogP) is 3.90. The SMILES string of the molecule is CCCOCCCn1c(CCl)nc2ccc(C)cc21. The number of ether oxygens (including phenoxy) is 1. The lowest BCUT2D eigenvalue weighted by Crippen LogP contribution is -2.06. The number of alkyl halides is 1. The van der Waals surface area contributed by atoms with Gasteiger partial charge in [-0.25, -0.2) is 4.98 Å². The van der Waals surface area contributed by atoms with Gasteiger partial charge in [0.15, 0.2) is 0 Å². The third kappa shape index (κ3) is 3.48. The van der Waals surface area contributed by atoms with Crippen molar-refractivity contribution in [2.45, 2.75) is 39.1 Å². The van der Waals surface area contributed by atoms with Crippen LogP contribution < -0.4 is 0 Å². The fourth-order valence-corrected chi connectivity index (χ4v) is 2.41. The number of rotatable bonds is 7. The van der Waals surface area contributed by atoms with E-state index in [4.69, 9.17) is 16.3 Å². The van der Waals surface area contributed by atoms with Crippen molar-refractivity contribution >= 4 is 22.6 Å². The van der Waals surface area contributed by atoms with Crippen LogP contribution in [0.3, 0.4) is 0 Å². The highest BCUT2D eigenvalue weighted by molar-refractivity contribution is 6.16. The van der Waals surface area contributed by atoms with Crippen LogP contribution in [0, 0.1) is 6.92 Å². The van der Waals surface area contributed by atoms with E-state index in [2.05, 4.69) is 41.6 Å². The van der Waals surface area contributed by atoms with E-state index in [1.807, 2.05) is 0 Å². The molecule has 0 N–H and O–H groups in total. The summed E-state index contributed by atoms with van der Waals surface area (Å²) < 4.78 is 7.74. The molecule has 2 aromatic rings. The summed E-state index contributed by atoms with van der Waals surface area (Å²) in [6.45, 7) is 6.76. The first-order valence-corrected chi connectivity index (χ1v) is 7.39. The van der Waals surface area contributed by atoms with Crippen molar-refractivity contribution in [1.82, 2.24) is 9.55 Å². The fraction of sp³-hybridized carbons (Fsp3) is 0.533. The Bertz CT molecular complexity index is 536. The van der Waals surface area contributed by atoms with Crippen LogP contribution in [-0.2, 0) is 17.2 Å². The summed E-state index contributed by atoms with van der Waals surface area (Å²) in [5, 5.41) is 0. The van der Waals surface area contributed by atoms with Crippen molar-refractivity contribution in [2.24, 2.45) is 0 Å². The van der Waals surface area contributed by atoms with Crippen molar-refractivity contribution in [2.75, 3.05) is 13.2 Å². The Hall–Kier alpha value is -1.06. The summed E-state index contributed by atoms with van der Waals surface area (Å²) in [6.07, 6.45) is 2.06. The minimum absolute atomic E-state index is 0.448. The first-order valence-electron chi connectivity index (χ1n) is 6.85. The molecule has 0 saturated heterocycles. The summed E-state index contributed by atoms with van der Waals surface area (Å²) in [4.78, 5) is 4.58. The molecule has 0 aliphatic heterocycles. The van der Waals surface area contributed by atoms with Crippen molar-refractivity contribution < 1.29 is 4.74 Å². The molecular formula is C15H21ClN2O. The zero-order valence-corrected chi connectivity index (χ0v) is 12.4. The van der Waals surface area contributed by atoms with Crippen LogP contribution in [-0.4, -0.2) is 22.8 Å². The second kappa shape index (κ2) is 6.92. The number of imidazole rings is 1. The largest absolute Gasteiger partial charge is 0.381 e. The first-order chi connectivity index (χ1) is 9.26. The summed E-state index contributed by atoms with van der Waals surface area (Å²) in [7, 11) is 0. The van der Waals surface area contributed by atoms with Crippen molar-refractivity contribution in [3.63, 3.8) is 0 Å². The molecule has 0 spiro atoms. The number of aryl methyl sites for hydroxylation is 2. The molecule has 3 nitrogen and oxygen atoms in total. The maximum absolute atomic E-state index is 5.99.